The Morgan fingerprint density at radius 2 is 1.92 bits per heavy atom. The first-order chi connectivity index (χ1) is 11.4. The second-order valence-electron chi connectivity index (χ2n) is 6.51. The first kappa shape index (κ1) is 18.4. The maximum atomic E-state index is 13.1. The van der Waals surface area contributed by atoms with Gasteiger partial charge in [0, 0.05) is 38.6 Å². The highest BCUT2D eigenvalue weighted by Gasteiger charge is 2.22. The van der Waals surface area contributed by atoms with Gasteiger partial charge in [0.05, 0.1) is 6.54 Å². The van der Waals surface area contributed by atoms with Crippen LogP contribution in [0.15, 0.2) is 24.3 Å². The van der Waals surface area contributed by atoms with Crippen LogP contribution in [0.25, 0.3) is 0 Å². The van der Waals surface area contributed by atoms with Crippen molar-refractivity contribution in [3.05, 3.63) is 35.6 Å². The summed E-state index contributed by atoms with van der Waals surface area (Å²) in [6.07, 6.45) is 0.935. The van der Waals surface area contributed by atoms with Gasteiger partial charge in [0.2, 0.25) is 11.8 Å². The molecule has 2 amide bonds. The van der Waals surface area contributed by atoms with Gasteiger partial charge in [0.25, 0.3) is 0 Å². The molecule has 0 bridgehead atoms. The highest BCUT2D eigenvalue weighted by atomic mass is 19.1. The summed E-state index contributed by atoms with van der Waals surface area (Å²) in [7, 11) is 0. The number of nitrogens with one attached hydrogen (secondary N) is 1. The number of benzene rings is 1. The van der Waals surface area contributed by atoms with Crippen LogP contribution in [0.3, 0.4) is 0 Å². The molecule has 1 aromatic rings. The van der Waals surface area contributed by atoms with E-state index in [1.165, 1.54) is 12.1 Å². The lowest BCUT2D eigenvalue weighted by Crippen LogP contribution is -2.51. The van der Waals surface area contributed by atoms with Crippen molar-refractivity contribution in [2.45, 2.75) is 32.7 Å². The largest absolute Gasteiger partial charge is 0.353 e. The Balaban J connectivity index is 1.71. The second-order valence-corrected chi connectivity index (χ2v) is 6.51. The summed E-state index contributed by atoms with van der Waals surface area (Å²) in [5, 5.41) is 2.88. The number of halogens is 1. The molecule has 0 unspecified atom stereocenters. The Hall–Kier alpha value is -1.95. The van der Waals surface area contributed by atoms with Crippen LogP contribution in [0.4, 0.5) is 4.39 Å². The number of carbonyl (C=O) groups is 2. The van der Waals surface area contributed by atoms with E-state index < -0.39 is 0 Å². The zero-order valence-electron chi connectivity index (χ0n) is 14.4. The van der Waals surface area contributed by atoms with Crippen LogP contribution in [0.1, 0.15) is 25.8 Å². The molecule has 0 spiro atoms. The monoisotopic (exact) mass is 335 g/mol. The number of rotatable bonds is 6. The van der Waals surface area contributed by atoms with Crippen LogP contribution in [-0.4, -0.2) is 60.4 Å². The molecular weight excluding hydrogens is 309 g/mol. The van der Waals surface area contributed by atoms with E-state index in [0.29, 0.717) is 45.6 Å². The van der Waals surface area contributed by atoms with E-state index in [9.17, 15) is 14.0 Å². The molecule has 132 valence electrons. The lowest BCUT2D eigenvalue weighted by atomic mass is 10.1. The maximum Gasteiger partial charge on any atom is 0.234 e. The Kier molecular flexibility index (Phi) is 6.73. The number of carbonyl (C=O) groups excluding carboxylic acids is 2. The van der Waals surface area contributed by atoms with Crippen molar-refractivity contribution in [1.29, 1.82) is 0 Å². The molecule has 1 aliphatic heterocycles. The van der Waals surface area contributed by atoms with E-state index in [1.807, 2.05) is 24.8 Å². The molecular formula is C18H26FN3O2. The Bertz CT molecular complexity index is 569. The van der Waals surface area contributed by atoms with Gasteiger partial charge in [-0.15, -0.1) is 0 Å². The number of amides is 2. The molecule has 1 heterocycles. The molecule has 1 saturated heterocycles. The standard InChI is InChI=1S/C18H26FN3O2/c1-14(2)20-17(23)13-21-8-10-22(11-9-21)18(24)7-6-15-4-3-5-16(19)12-15/h3-5,12,14H,6-11,13H2,1-2H3,(H,20,23). The van der Waals surface area contributed by atoms with Crippen LogP contribution >= 0.6 is 0 Å². The average molecular weight is 335 g/mol. The van der Waals surface area contributed by atoms with Crippen molar-refractivity contribution in [2.24, 2.45) is 0 Å². The van der Waals surface area contributed by atoms with Crippen molar-refractivity contribution in [3.8, 4) is 0 Å². The zero-order valence-corrected chi connectivity index (χ0v) is 14.4. The zero-order chi connectivity index (χ0) is 17.5. The minimum absolute atomic E-state index is 0.0240. The number of aryl methyl sites for hydroxylation is 1. The molecule has 24 heavy (non-hydrogen) atoms. The quantitative estimate of drug-likeness (QED) is 0.856. The molecule has 1 fully saturated rings. The molecule has 1 aromatic carbocycles. The fourth-order valence-corrected chi connectivity index (χ4v) is 2.83. The number of hydrogen-bond acceptors (Lipinski definition) is 3. The van der Waals surface area contributed by atoms with E-state index in [-0.39, 0.29) is 23.7 Å². The van der Waals surface area contributed by atoms with Crippen LogP contribution in [-0.2, 0) is 16.0 Å². The first-order valence-corrected chi connectivity index (χ1v) is 8.48. The summed E-state index contributed by atoms with van der Waals surface area (Å²) in [5.41, 5.74) is 0.840. The molecule has 5 nitrogen and oxygen atoms in total. The van der Waals surface area contributed by atoms with Crippen molar-refractivity contribution in [1.82, 2.24) is 15.1 Å². The van der Waals surface area contributed by atoms with E-state index in [4.69, 9.17) is 0 Å². The maximum absolute atomic E-state index is 13.1. The van der Waals surface area contributed by atoms with Gasteiger partial charge in [-0.25, -0.2) is 4.39 Å². The van der Waals surface area contributed by atoms with Gasteiger partial charge in [-0.2, -0.15) is 0 Å². The first-order valence-electron chi connectivity index (χ1n) is 8.48. The predicted molar refractivity (Wildman–Crippen MR) is 91.0 cm³/mol. The lowest BCUT2D eigenvalue weighted by molar-refractivity contribution is -0.133. The normalized spacial score (nSPS) is 15.6. The Labute approximate surface area is 142 Å². The van der Waals surface area contributed by atoms with E-state index in [1.54, 1.807) is 6.07 Å². The third kappa shape index (κ3) is 5.92. The van der Waals surface area contributed by atoms with Gasteiger partial charge in [-0.3, -0.25) is 14.5 Å². The fourth-order valence-electron chi connectivity index (χ4n) is 2.83. The summed E-state index contributed by atoms with van der Waals surface area (Å²) in [6.45, 7) is 6.94. The summed E-state index contributed by atoms with van der Waals surface area (Å²) < 4.78 is 13.1. The predicted octanol–water partition coefficient (Wildman–Crippen LogP) is 1.43. The SMILES string of the molecule is CC(C)NC(=O)CN1CCN(C(=O)CCc2cccc(F)c2)CC1. The van der Waals surface area contributed by atoms with E-state index in [0.717, 1.165) is 5.56 Å². The van der Waals surface area contributed by atoms with Crippen LogP contribution in [0.5, 0.6) is 0 Å². The van der Waals surface area contributed by atoms with Gasteiger partial charge in [0.1, 0.15) is 5.82 Å². The summed E-state index contributed by atoms with van der Waals surface area (Å²) in [5.74, 6) is -0.158. The van der Waals surface area contributed by atoms with Crippen molar-refractivity contribution < 1.29 is 14.0 Å². The molecule has 0 radical (unpaired) electrons. The molecule has 1 N–H and O–H groups in total. The topological polar surface area (TPSA) is 52.7 Å². The average Bonchev–Trinajstić information content (AvgIpc) is 2.52. The van der Waals surface area contributed by atoms with Crippen LogP contribution in [0, 0.1) is 5.82 Å². The van der Waals surface area contributed by atoms with Gasteiger partial charge < -0.3 is 10.2 Å². The van der Waals surface area contributed by atoms with Crippen molar-refractivity contribution in [3.63, 3.8) is 0 Å². The second kappa shape index (κ2) is 8.78. The highest BCUT2D eigenvalue weighted by Crippen LogP contribution is 2.09. The molecule has 2 rings (SSSR count). The third-order valence-corrected chi connectivity index (χ3v) is 4.06. The molecule has 1 aliphatic rings. The molecule has 0 aliphatic carbocycles. The lowest BCUT2D eigenvalue weighted by Gasteiger charge is -2.34. The minimum Gasteiger partial charge on any atom is -0.353 e. The van der Waals surface area contributed by atoms with Crippen molar-refractivity contribution >= 4 is 11.8 Å². The fraction of sp³-hybridized carbons (Fsp3) is 0.556. The third-order valence-electron chi connectivity index (χ3n) is 4.06. The summed E-state index contributed by atoms with van der Waals surface area (Å²) >= 11 is 0. The van der Waals surface area contributed by atoms with Gasteiger partial charge in [-0.1, -0.05) is 12.1 Å². The van der Waals surface area contributed by atoms with Gasteiger partial charge in [-0.05, 0) is 38.0 Å². The van der Waals surface area contributed by atoms with E-state index >= 15 is 0 Å². The molecule has 0 saturated carbocycles. The number of hydrogen-bond donors (Lipinski definition) is 1. The highest BCUT2D eigenvalue weighted by molar-refractivity contribution is 5.78. The minimum atomic E-state index is -0.270. The number of piperazine rings is 1. The van der Waals surface area contributed by atoms with E-state index in [2.05, 4.69) is 10.2 Å². The van der Waals surface area contributed by atoms with Crippen molar-refractivity contribution in [2.75, 3.05) is 32.7 Å². The smallest absolute Gasteiger partial charge is 0.234 e. The number of nitrogens with zero attached hydrogens (tertiary/aromatic N) is 2. The summed E-state index contributed by atoms with van der Waals surface area (Å²) in [6, 6.07) is 6.51. The summed E-state index contributed by atoms with van der Waals surface area (Å²) in [4.78, 5) is 27.9. The van der Waals surface area contributed by atoms with Gasteiger partial charge >= 0.3 is 0 Å². The van der Waals surface area contributed by atoms with Crippen LogP contribution < -0.4 is 5.32 Å². The molecule has 6 heteroatoms. The Morgan fingerprint density at radius 3 is 2.54 bits per heavy atom. The van der Waals surface area contributed by atoms with Gasteiger partial charge in [0.15, 0.2) is 0 Å². The molecule has 0 atom stereocenters. The molecule has 0 aromatic heterocycles. The Morgan fingerprint density at radius 1 is 1.21 bits per heavy atom. The van der Waals surface area contributed by atoms with Crippen LogP contribution in [0.2, 0.25) is 0 Å².